The molecule has 0 aliphatic rings. The molecule has 0 N–H and O–H groups in total. The van der Waals surface area contributed by atoms with E-state index in [1.54, 1.807) is 24.1 Å². The molecule has 2 heterocycles. The zero-order chi connectivity index (χ0) is 8.55. The fraction of sp³-hybridized carbons (Fsp3) is 0.143. The van der Waals surface area contributed by atoms with Crippen LogP contribution in [0.4, 0.5) is 0 Å². The Hall–Kier alpha value is -1.78. The van der Waals surface area contributed by atoms with Gasteiger partial charge in [-0.15, -0.1) is 4.74 Å². The number of nitrogens with zero attached hydrogens (tertiary/aromatic N) is 3. The monoisotopic (exact) mass is 165 g/mol. The summed E-state index contributed by atoms with van der Waals surface area (Å²) in [7, 11) is 1.79. The Bertz CT molecular complexity index is 437. The van der Waals surface area contributed by atoms with E-state index in [1.807, 2.05) is 0 Å². The molecule has 2 aromatic heterocycles. The second-order valence-electron chi connectivity index (χ2n) is 2.40. The van der Waals surface area contributed by atoms with Crippen molar-refractivity contribution < 1.29 is 4.52 Å². The van der Waals surface area contributed by atoms with E-state index in [-0.39, 0.29) is 5.56 Å². The fourth-order valence-electron chi connectivity index (χ4n) is 0.982. The van der Waals surface area contributed by atoms with Crippen LogP contribution in [0.2, 0.25) is 0 Å². The van der Waals surface area contributed by atoms with Crippen LogP contribution in [0.5, 0.6) is 0 Å². The Morgan fingerprint density at radius 1 is 1.58 bits per heavy atom. The summed E-state index contributed by atoms with van der Waals surface area (Å²) in [6, 6.07) is 1.35. The molecule has 5 heteroatoms. The van der Waals surface area contributed by atoms with Gasteiger partial charge in [0.15, 0.2) is 5.82 Å². The summed E-state index contributed by atoms with van der Waals surface area (Å²) in [5, 5.41) is 0. The van der Waals surface area contributed by atoms with E-state index in [0.717, 1.165) is 0 Å². The Kier molecular flexibility index (Phi) is 1.36. The summed E-state index contributed by atoms with van der Waals surface area (Å²) in [5.74, 6) is 0.616. The van der Waals surface area contributed by atoms with Crippen LogP contribution in [0.25, 0.3) is 5.82 Å². The van der Waals surface area contributed by atoms with E-state index in [4.69, 9.17) is 4.52 Å². The average Bonchev–Trinajstić information content (AvgIpc) is 2.59. The maximum Gasteiger partial charge on any atom is 0.288 e. The topological polar surface area (TPSA) is 53.0 Å². The average molecular weight is 165 g/mol. The molecular weight excluding hydrogens is 158 g/mol. The van der Waals surface area contributed by atoms with Gasteiger partial charge in [0.05, 0.1) is 12.5 Å². The molecule has 0 saturated heterocycles. The molecule has 2 rings (SSSR count). The van der Waals surface area contributed by atoms with Crippen LogP contribution in [0.1, 0.15) is 0 Å². The number of hydrogen-bond donors (Lipinski definition) is 0. The van der Waals surface area contributed by atoms with Gasteiger partial charge in [0.2, 0.25) is 0 Å². The molecule has 12 heavy (non-hydrogen) atoms. The molecule has 0 aromatic carbocycles. The summed E-state index contributed by atoms with van der Waals surface area (Å²) in [6.45, 7) is 0. The van der Waals surface area contributed by atoms with Crippen molar-refractivity contribution >= 4 is 0 Å². The lowest BCUT2D eigenvalue weighted by Crippen LogP contribution is -2.13. The van der Waals surface area contributed by atoms with E-state index in [1.165, 1.54) is 17.1 Å². The molecule has 0 unspecified atom stereocenters. The molecule has 0 radical (unpaired) electrons. The van der Waals surface area contributed by atoms with Crippen molar-refractivity contribution in [3.8, 4) is 5.82 Å². The molecule has 62 valence electrons. The van der Waals surface area contributed by atoms with E-state index in [2.05, 4.69) is 4.98 Å². The predicted octanol–water partition coefficient (Wildman–Crippen LogP) is 0.164. The van der Waals surface area contributed by atoms with Crippen LogP contribution in [-0.2, 0) is 7.05 Å². The van der Waals surface area contributed by atoms with Crippen LogP contribution in [0, 0.1) is 0 Å². The van der Waals surface area contributed by atoms with Gasteiger partial charge in [-0.2, -0.15) is 0 Å². The fourth-order valence-corrected chi connectivity index (χ4v) is 0.982. The van der Waals surface area contributed by atoms with Crippen LogP contribution in [-0.4, -0.2) is 14.3 Å². The third kappa shape index (κ3) is 0.868. The van der Waals surface area contributed by atoms with Gasteiger partial charge in [0, 0.05) is 13.1 Å². The van der Waals surface area contributed by atoms with Gasteiger partial charge >= 0.3 is 0 Å². The lowest BCUT2D eigenvalue weighted by molar-refractivity contribution is 0.330. The summed E-state index contributed by atoms with van der Waals surface area (Å²) < 4.78 is 7.81. The summed E-state index contributed by atoms with van der Waals surface area (Å²) in [4.78, 5) is 15.0. The normalized spacial score (nSPS) is 10.4. The maximum atomic E-state index is 11.1. The molecule has 2 aromatic rings. The number of aromatic nitrogens is 3. The van der Waals surface area contributed by atoms with Crippen molar-refractivity contribution in [1.82, 2.24) is 14.3 Å². The first-order valence-electron chi connectivity index (χ1n) is 3.43. The van der Waals surface area contributed by atoms with Crippen molar-refractivity contribution in [2.24, 2.45) is 7.05 Å². The van der Waals surface area contributed by atoms with Gasteiger partial charge in [-0.3, -0.25) is 4.79 Å². The highest BCUT2D eigenvalue weighted by Crippen LogP contribution is 2.00. The third-order valence-electron chi connectivity index (χ3n) is 1.58. The second-order valence-corrected chi connectivity index (χ2v) is 2.40. The molecule has 0 amide bonds. The van der Waals surface area contributed by atoms with Gasteiger partial charge < -0.3 is 9.09 Å². The van der Waals surface area contributed by atoms with Crippen LogP contribution in [0.3, 0.4) is 0 Å². The zero-order valence-corrected chi connectivity index (χ0v) is 6.47. The minimum absolute atomic E-state index is 0.196. The first-order valence-corrected chi connectivity index (χ1v) is 3.43. The van der Waals surface area contributed by atoms with E-state index < -0.39 is 0 Å². The minimum atomic E-state index is -0.196. The van der Waals surface area contributed by atoms with Gasteiger partial charge in [-0.25, -0.2) is 4.98 Å². The first kappa shape index (κ1) is 6.90. The highest BCUT2D eigenvalue weighted by Gasteiger charge is 2.04. The quantitative estimate of drug-likeness (QED) is 0.605. The van der Waals surface area contributed by atoms with E-state index in [9.17, 15) is 4.79 Å². The maximum absolute atomic E-state index is 11.1. The minimum Gasteiger partial charge on any atom is -0.378 e. The second kappa shape index (κ2) is 2.37. The summed E-state index contributed by atoms with van der Waals surface area (Å²) >= 11 is 0. The van der Waals surface area contributed by atoms with Crippen molar-refractivity contribution in [3.05, 3.63) is 35.2 Å². The molecule has 0 saturated carbocycles. The zero-order valence-electron chi connectivity index (χ0n) is 6.47. The number of aryl methyl sites for hydroxylation is 1. The molecule has 0 atom stereocenters. The molecule has 0 aliphatic heterocycles. The molecule has 5 nitrogen and oxygen atoms in total. The lowest BCUT2D eigenvalue weighted by atomic mass is 10.7. The van der Waals surface area contributed by atoms with Crippen LogP contribution >= 0.6 is 0 Å². The first-order chi connectivity index (χ1) is 5.79. The highest BCUT2D eigenvalue weighted by molar-refractivity contribution is 5.16. The van der Waals surface area contributed by atoms with Crippen molar-refractivity contribution in [1.29, 1.82) is 0 Å². The van der Waals surface area contributed by atoms with Gasteiger partial charge in [0.1, 0.15) is 6.26 Å². The van der Waals surface area contributed by atoms with Crippen LogP contribution in [0.15, 0.2) is 34.2 Å². The predicted molar refractivity (Wildman–Crippen MR) is 41.1 cm³/mol. The molecular formula is C7H7N3O2. The number of rotatable bonds is 1. The number of hydrogen-bond acceptors (Lipinski definition) is 3. The van der Waals surface area contributed by atoms with Gasteiger partial charge in [-0.05, 0) is 0 Å². The van der Waals surface area contributed by atoms with Crippen molar-refractivity contribution in [2.45, 2.75) is 0 Å². The molecule has 0 aliphatic carbocycles. The van der Waals surface area contributed by atoms with E-state index >= 15 is 0 Å². The van der Waals surface area contributed by atoms with Crippen molar-refractivity contribution in [2.75, 3.05) is 0 Å². The Morgan fingerprint density at radius 2 is 2.42 bits per heavy atom. The largest absolute Gasteiger partial charge is 0.378 e. The summed E-state index contributed by atoms with van der Waals surface area (Å²) in [5.41, 5.74) is -0.196. The Balaban J connectivity index is 2.65. The van der Waals surface area contributed by atoms with Gasteiger partial charge in [-0.1, -0.05) is 0 Å². The van der Waals surface area contributed by atoms with E-state index in [0.29, 0.717) is 5.82 Å². The smallest absolute Gasteiger partial charge is 0.288 e. The molecule has 0 spiro atoms. The van der Waals surface area contributed by atoms with Gasteiger partial charge in [0.25, 0.3) is 5.56 Å². The SMILES string of the molecule is Cn1cncc1-n1occc1=O. The molecule has 0 fully saturated rings. The standard InChI is InChI=1S/C7H7N3O2/c1-9-5-8-4-6(9)10-7(11)2-3-12-10/h2-5H,1H3. The Morgan fingerprint density at radius 3 is 2.92 bits per heavy atom. The molecule has 0 bridgehead atoms. The number of imidazole rings is 1. The van der Waals surface area contributed by atoms with Crippen molar-refractivity contribution in [3.63, 3.8) is 0 Å². The lowest BCUT2D eigenvalue weighted by Gasteiger charge is -1.97. The third-order valence-corrected chi connectivity index (χ3v) is 1.58. The highest BCUT2D eigenvalue weighted by atomic mass is 16.5. The summed E-state index contributed by atoms with van der Waals surface area (Å²) in [6.07, 6.45) is 4.50. The Labute approximate surface area is 67.8 Å². The van der Waals surface area contributed by atoms with Crippen LogP contribution < -0.4 is 5.56 Å².